The van der Waals surface area contributed by atoms with Crippen LogP contribution >= 0.6 is 22.6 Å². The SMILES string of the molecule is O=C1NC(=O)/C(=C\c2ccc(OCc3ccccc3F)c(I)c2)N1. The van der Waals surface area contributed by atoms with Crippen molar-refractivity contribution in [1.29, 1.82) is 0 Å². The lowest BCUT2D eigenvalue weighted by Crippen LogP contribution is -2.22. The third kappa shape index (κ3) is 3.73. The molecule has 0 radical (unpaired) electrons. The molecule has 1 aliphatic rings. The number of rotatable bonds is 4. The first kappa shape index (κ1) is 16.4. The van der Waals surface area contributed by atoms with Crippen LogP contribution in [0.4, 0.5) is 9.18 Å². The molecule has 0 unspecified atom stereocenters. The van der Waals surface area contributed by atoms with Gasteiger partial charge in [-0.05, 0) is 52.4 Å². The zero-order chi connectivity index (χ0) is 17.1. The van der Waals surface area contributed by atoms with E-state index in [0.717, 1.165) is 9.13 Å². The van der Waals surface area contributed by atoms with Gasteiger partial charge in [-0.2, -0.15) is 0 Å². The molecule has 2 aromatic rings. The van der Waals surface area contributed by atoms with Crippen molar-refractivity contribution < 1.29 is 18.7 Å². The van der Waals surface area contributed by atoms with E-state index in [4.69, 9.17) is 4.74 Å². The number of urea groups is 1. The van der Waals surface area contributed by atoms with Gasteiger partial charge in [0.25, 0.3) is 5.91 Å². The number of hydrogen-bond donors (Lipinski definition) is 2. The van der Waals surface area contributed by atoms with Crippen LogP contribution in [0.2, 0.25) is 0 Å². The van der Waals surface area contributed by atoms with Gasteiger partial charge >= 0.3 is 6.03 Å². The number of carbonyl (C=O) groups excluding carboxylic acids is 2. The summed E-state index contributed by atoms with van der Waals surface area (Å²) in [4.78, 5) is 22.6. The maximum Gasteiger partial charge on any atom is 0.326 e. The smallest absolute Gasteiger partial charge is 0.326 e. The van der Waals surface area contributed by atoms with E-state index in [0.29, 0.717) is 11.3 Å². The van der Waals surface area contributed by atoms with Gasteiger partial charge < -0.3 is 10.1 Å². The van der Waals surface area contributed by atoms with E-state index >= 15 is 0 Å². The van der Waals surface area contributed by atoms with Crippen LogP contribution in [0.3, 0.4) is 0 Å². The molecule has 0 bridgehead atoms. The van der Waals surface area contributed by atoms with Crippen molar-refractivity contribution in [1.82, 2.24) is 10.6 Å². The molecule has 0 aromatic heterocycles. The maximum atomic E-state index is 13.6. The van der Waals surface area contributed by atoms with Crippen molar-refractivity contribution in [3.05, 3.63) is 68.7 Å². The number of carbonyl (C=O) groups is 2. The normalized spacial score (nSPS) is 15.3. The van der Waals surface area contributed by atoms with Crippen LogP contribution in [0.25, 0.3) is 6.08 Å². The molecule has 2 N–H and O–H groups in total. The second kappa shape index (κ2) is 7.00. The van der Waals surface area contributed by atoms with Gasteiger partial charge in [-0.3, -0.25) is 10.1 Å². The monoisotopic (exact) mass is 438 g/mol. The molecule has 0 aliphatic carbocycles. The molecule has 5 nitrogen and oxygen atoms in total. The molecule has 1 aliphatic heterocycles. The number of benzene rings is 2. The van der Waals surface area contributed by atoms with Crippen LogP contribution in [0, 0.1) is 9.39 Å². The van der Waals surface area contributed by atoms with Crippen LogP contribution in [0.1, 0.15) is 11.1 Å². The molecule has 7 heteroatoms. The van der Waals surface area contributed by atoms with Crippen LogP contribution in [-0.4, -0.2) is 11.9 Å². The van der Waals surface area contributed by atoms with Crippen LogP contribution in [0.15, 0.2) is 48.2 Å². The van der Waals surface area contributed by atoms with Gasteiger partial charge in [-0.25, -0.2) is 9.18 Å². The second-order valence-corrected chi connectivity index (χ2v) is 6.20. The van der Waals surface area contributed by atoms with E-state index in [2.05, 4.69) is 33.2 Å². The van der Waals surface area contributed by atoms with E-state index in [9.17, 15) is 14.0 Å². The number of nitrogens with one attached hydrogen (secondary N) is 2. The van der Waals surface area contributed by atoms with Crippen molar-refractivity contribution in [3.8, 4) is 5.75 Å². The predicted octanol–water partition coefficient (Wildman–Crippen LogP) is 3.19. The minimum Gasteiger partial charge on any atom is -0.488 e. The van der Waals surface area contributed by atoms with Crippen LogP contribution < -0.4 is 15.4 Å². The molecular weight excluding hydrogens is 426 g/mol. The van der Waals surface area contributed by atoms with E-state index in [1.54, 1.807) is 36.4 Å². The van der Waals surface area contributed by atoms with E-state index in [1.807, 2.05) is 6.07 Å². The summed E-state index contributed by atoms with van der Waals surface area (Å²) in [5, 5.41) is 4.56. The van der Waals surface area contributed by atoms with Crippen molar-refractivity contribution in [3.63, 3.8) is 0 Å². The lowest BCUT2D eigenvalue weighted by molar-refractivity contribution is -0.115. The third-order valence-electron chi connectivity index (χ3n) is 3.33. The van der Waals surface area contributed by atoms with E-state index in [1.165, 1.54) is 6.07 Å². The van der Waals surface area contributed by atoms with Crippen molar-refractivity contribution in [2.75, 3.05) is 0 Å². The largest absolute Gasteiger partial charge is 0.488 e. The highest BCUT2D eigenvalue weighted by Gasteiger charge is 2.22. The predicted molar refractivity (Wildman–Crippen MR) is 94.5 cm³/mol. The van der Waals surface area contributed by atoms with Gasteiger partial charge in [0.05, 0.1) is 3.57 Å². The summed E-state index contributed by atoms with van der Waals surface area (Å²) >= 11 is 2.10. The third-order valence-corrected chi connectivity index (χ3v) is 4.17. The Hall–Kier alpha value is -2.42. The number of imide groups is 1. The minimum absolute atomic E-state index is 0.127. The molecule has 2 aromatic carbocycles. The molecule has 3 rings (SSSR count). The summed E-state index contributed by atoms with van der Waals surface area (Å²) < 4.78 is 20.0. The Morgan fingerprint density at radius 2 is 1.92 bits per heavy atom. The average molecular weight is 438 g/mol. The first-order valence-electron chi connectivity index (χ1n) is 7.03. The number of hydrogen-bond acceptors (Lipinski definition) is 3. The number of halogens is 2. The minimum atomic E-state index is -0.536. The molecule has 0 saturated carbocycles. The van der Waals surface area contributed by atoms with Crippen molar-refractivity contribution >= 4 is 40.6 Å². The topological polar surface area (TPSA) is 67.4 Å². The lowest BCUT2D eigenvalue weighted by Gasteiger charge is -2.09. The fourth-order valence-corrected chi connectivity index (χ4v) is 2.84. The van der Waals surface area contributed by atoms with Gasteiger partial charge in [0.1, 0.15) is 23.9 Å². The molecule has 3 amide bonds. The Kier molecular flexibility index (Phi) is 4.79. The summed E-state index contributed by atoms with van der Waals surface area (Å²) in [7, 11) is 0. The summed E-state index contributed by atoms with van der Waals surface area (Å²) in [6, 6.07) is 11.2. The molecule has 24 heavy (non-hydrogen) atoms. The Morgan fingerprint density at radius 1 is 1.12 bits per heavy atom. The Bertz CT molecular complexity index is 851. The molecule has 122 valence electrons. The molecular formula is C17H12FIN2O3. The molecule has 0 atom stereocenters. The standard InChI is InChI=1S/C17H12FIN2O3/c18-12-4-2-1-3-11(12)9-24-15-6-5-10(7-13(15)19)8-14-16(22)21-17(23)20-14/h1-8H,9H2,(H2,20,21,22,23)/b14-8+. The number of amides is 3. The van der Waals surface area contributed by atoms with E-state index < -0.39 is 11.9 Å². The fourth-order valence-electron chi connectivity index (χ4n) is 2.14. The van der Waals surface area contributed by atoms with Gasteiger partial charge in [-0.15, -0.1) is 0 Å². The Morgan fingerprint density at radius 3 is 2.58 bits per heavy atom. The van der Waals surface area contributed by atoms with Gasteiger partial charge in [0.15, 0.2) is 0 Å². The molecule has 1 saturated heterocycles. The molecule has 0 spiro atoms. The van der Waals surface area contributed by atoms with Crippen LogP contribution in [0.5, 0.6) is 5.75 Å². The first-order valence-corrected chi connectivity index (χ1v) is 8.10. The first-order chi connectivity index (χ1) is 11.5. The Labute approximate surface area is 151 Å². The van der Waals surface area contributed by atoms with Crippen LogP contribution in [-0.2, 0) is 11.4 Å². The number of ether oxygens (including phenoxy) is 1. The fraction of sp³-hybridized carbons (Fsp3) is 0.0588. The molecule has 1 fully saturated rings. The maximum absolute atomic E-state index is 13.6. The lowest BCUT2D eigenvalue weighted by atomic mass is 10.2. The Balaban J connectivity index is 1.73. The quantitative estimate of drug-likeness (QED) is 0.438. The summed E-state index contributed by atoms with van der Waals surface area (Å²) in [6.07, 6.45) is 1.57. The highest BCUT2D eigenvalue weighted by atomic mass is 127. The highest BCUT2D eigenvalue weighted by molar-refractivity contribution is 14.1. The van der Waals surface area contributed by atoms with E-state index in [-0.39, 0.29) is 18.1 Å². The highest BCUT2D eigenvalue weighted by Crippen LogP contribution is 2.24. The van der Waals surface area contributed by atoms with Crippen molar-refractivity contribution in [2.45, 2.75) is 6.61 Å². The van der Waals surface area contributed by atoms with Crippen molar-refractivity contribution in [2.24, 2.45) is 0 Å². The van der Waals surface area contributed by atoms with Gasteiger partial charge in [-0.1, -0.05) is 24.3 Å². The zero-order valence-corrected chi connectivity index (χ0v) is 14.5. The summed E-state index contributed by atoms with van der Waals surface area (Å²) in [5.74, 6) is -0.160. The summed E-state index contributed by atoms with van der Waals surface area (Å²) in [5.41, 5.74) is 1.41. The van der Waals surface area contributed by atoms with Gasteiger partial charge in [0, 0.05) is 5.56 Å². The second-order valence-electron chi connectivity index (χ2n) is 5.04. The zero-order valence-electron chi connectivity index (χ0n) is 12.3. The van der Waals surface area contributed by atoms with Gasteiger partial charge in [0.2, 0.25) is 0 Å². The molecule has 1 heterocycles. The summed E-state index contributed by atoms with van der Waals surface area (Å²) in [6.45, 7) is 0.127. The average Bonchev–Trinajstić information content (AvgIpc) is 2.85.